The molecule has 5 rings (SSSR count). The Bertz CT molecular complexity index is 1760. The molecular formula is C28H23F3N4O5. The number of amides is 1. The van der Waals surface area contributed by atoms with E-state index in [0.29, 0.717) is 25.7 Å². The summed E-state index contributed by atoms with van der Waals surface area (Å²) in [6, 6.07) is 9.07. The zero-order valence-electron chi connectivity index (χ0n) is 21.2. The fourth-order valence-electron chi connectivity index (χ4n) is 5.07. The van der Waals surface area contributed by atoms with Crippen LogP contribution in [0.3, 0.4) is 0 Å². The number of halogens is 3. The molecule has 2 heterocycles. The zero-order chi connectivity index (χ0) is 28.6. The third-order valence-electron chi connectivity index (χ3n) is 7.03. The smallest absolute Gasteiger partial charge is 0.338 e. The fraction of sp³-hybridized carbons (Fsp3) is 0.250. The summed E-state index contributed by atoms with van der Waals surface area (Å²) in [4.78, 5) is 55.8. The summed E-state index contributed by atoms with van der Waals surface area (Å²) in [7, 11) is 1.22. The quantitative estimate of drug-likeness (QED) is 0.378. The van der Waals surface area contributed by atoms with Gasteiger partial charge in [-0.2, -0.15) is 0 Å². The summed E-state index contributed by atoms with van der Waals surface area (Å²) in [6.07, 6.45) is 2.24. The molecule has 206 valence electrons. The normalized spacial score (nSPS) is 17.0. The summed E-state index contributed by atoms with van der Waals surface area (Å²) in [5, 5.41) is 2.69. The Balaban J connectivity index is 1.45. The summed E-state index contributed by atoms with van der Waals surface area (Å²) >= 11 is 0. The highest BCUT2D eigenvalue weighted by Crippen LogP contribution is 2.28. The number of rotatable bonds is 5. The number of hydrogen-bond acceptors (Lipinski definition) is 6. The van der Waals surface area contributed by atoms with Gasteiger partial charge in [-0.15, -0.1) is 0 Å². The second-order valence-corrected chi connectivity index (χ2v) is 9.43. The number of hydrogen-bond donors (Lipinski definition) is 1. The van der Waals surface area contributed by atoms with Crippen LogP contribution >= 0.6 is 0 Å². The molecule has 1 N–H and O–H groups in total. The van der Waals surface area contributed by atoms with Gasteiger partial charge in [0.1, 0.15) is 5.82 Å². The predicted octanol–water partition coefficient (Wildman–Crippen LogP) is 3.67. The lowest BCUT2D eigenvalue weighted by Crippen LogP contribution is -2.45. The van der Waals surface area contributed by atoms with Gasteiger partial charge in [0.15, 0.2) is 17.3 Å². The lowest BCUT2D eigenvalue weighted by molar-refractivity contribution is 0.0596. The van der Waals surface area contributed by atoms with Gasteiger partial charge in [0, 0.05) is 18.2 Å². The van der Waals surface area contributed by atoms with Gasteiger partial charge in [-0.1, -0.05) is 12.1 Å². The summed E-state index contributed by atoms with van der Waals surface area (Å²) in [5.74, 6) is -4.24. The van der Waals surface area contributed by atoms with Crippen molar-refractivity contribution in [3.8, 4) is 5.69 Å². The van der Waals surface area contributed by atoms with E-state index in [0.717, 1.165) is 39.6 Å². The molecule has 0 aliphatic heterocycles. The molecule has 0 unspecified atom stereocenters. The third-order valence-corrected chi connectivity index (χ3v) is 7.03. The number of ether oxygens (including phenoxy) is 1. The zero-order valence-corrected chi connectivity index (χ0v) is 21.2. The molecule has 1 saturated carbocycles. The summed E-state index contributed by atoms with van der Waals surface area (Å²) in [6.45, 7) is 0. The van der Waals surface area contributed by atoms with Crippen LogP contribution in [0.5, 0.6) is 0 Å². The topological polar surface area (TPSA) is 112 Å². The van der Waals surface area contributed by atoms with Gasteiger partial charge in [0.05, 0.1) is 35.5 Å². The number of carbonyl (C=O) groups excluding carboxylic acids is 2. The number of nitrogens with zero attached hydrogens (tertiary/aromatic N) is 3. The average Bonchev–Trinajstić information content (AvgIpc) is 2.95. The van der Waals surface area contributed by atoms with Gasteiger partial charge in [0.2, 0.25) is 0 Å². The largest absolute Gasteiger partial charge is 0.465 e. The van der Waals surface area contributed by atoms with Crippen molar-refractivity contribution in [2.75, 3.05) is 7.11 Å². The molecule has 0 spiro atoms. The van der Waals surface area contributed by atoms with Crippen LogP contribution in [-0.2, 0) is 4.74 Å². The Morgan fingerprint density at radius 3 is 2.33 bits per heavy atom. The lowest BCUT2D eigenvalue weighted by atomic mass is 9.90. The number of carbonyl (C=O) groups is 2. The first-order valence-corrected chi connectivity index (χ1v) is 12.5. The molecule has 4 aromatic rings. The van der Waals surface area contributed by atoms with Crippen molar-refractivity contribution in [2.24, 2.45) is 0 Å². The molecule has 40 heavy (non-hydrogen) atoms. The van der Waals surface area contributed by atoms with Crippen molar-refractivity contribution in [1.82, 2.24) is 19.4 Å². The molecule has 9 nitrogen and oxygen atoms in total. The SMILES string of the molecule is COC(=O)c1ccccc1C(=O)N[C@H]1CC[C@@H](n2c(=O)c3cc(F)cnc3n(-c3ccc(F)c(F)c3)c2=O)CC1. The maximum atomic E-state index is 14.1. The van der Waals surface area contributed by atoms with E-state index in [1.54, 1.807) is 12.1 Å². The Hall–Kier alpha value is -4.74. The number of methoxy groups -OCH3 is 1. The molecule has 0 radical (unpaired) electrons. The molecule has 0 saturated heterocycles. The fourth-order valence-corrected chi connectivity index (χ4v) is 5.07. The average molecular weight is 553 g/mol. The van der Waals surface area contributed by atoms with Crippen LogP contribution in [0, 0.1) is 17.5 Å². The van der Waals surface area contributed by atoms with Gasteiger partial charge in [-0.25, -0.2) is 32.3 Å². The Kier molecular flexibility index (Phi) is 7.24. The Labute approximate surface area is 224 Å². The van der Waals surface area contributed by atoms with Gasteiger partial charge < -0.3 is 10.1 Å². The number of nitrogens with one attached hydrogen (secondary N) is 1. The van der Waals surface area contributed by atoms with Crippen molar-refractivity contribution in [3.05, 3.63) is 104 Å². The van der Waals surface area contributed by atoms with E-state index in [2.05, 4.69) is 10.3 Å². The maximum absolute atomic E-state index is 14.1. The maximum Gasteiger partial charge on any atom is 0.338 e. The van der Waals surface area contributed by atoms with Crippen molar-refractivity contribution >= 4 is 22.9 Å². The number of fused-ring (bicyclic) bond motifs is 1. The molecule has 2 aromatic heterocycles. The van der Waals surface area contributed by atoms with Crippen LogP contribution in [0.4, 0.5) is 13.2 Å². The van der Waals surface area contributed by atoms with E-state index in [4.69, 9.17) is 4.74 Å². The summed E-state index contributed by atoms with van der Waals surface area (Å²) in [5.41, 5.74) is -1.58. The minimum absolute atomic E-state index is 0.0769. The van der Waals surface area contributed by atoms with Crippen LogP contribution in [-0.4, -0.2) is 39.1 Å². The second kappa shape index (κ2) is 10.8. The van der Waals surface area contributed by atoms with E-state index in [1.807, 2.05) is 0 Å². The molecule has 1 aliphatic carbocycles. The molecule has 0 bridgehead atoms. The Morgan fingerprint density at radius 2 is 1.65 bits per heavy atom. The van der Waals surface area contributed by atoms with Gasteiger partial charge in [0.25, 0.3) is 11.5 Å². The van der Waals surface area contributed by atoms with Crippen LogP contribution in [0.1, 0.15) is 52.4 Å². The minimum Gasteiger partial charge on any atom is -0.465 e. The van der Waals surface area contributed by atoms with Crippen molar-refractivity contribution in [3.63, 3.8) is 0 Å². The van der Waals surface area contributed by atoms with E-state index < -0.39 is 46.6 Å². The van der Waals surface area contributed by atoms with Gasteiger partial charge >= 0.3 is 11.7 Å². The lowest BCUT2D eigenvalue weighted by Gasteiger charge is -2.30. The number of pyridine rings is 1. The van der Waals surface area contributed by atoms with Crippen LogP contribution in [0.25, 0.3) is 16.7 Å². The predicted molar refractivity (Wildman–Crippen MR) is 138 cm³/mol. The van der Waals surface area contributed by atoms with Crippen molar-refractivity contribution in [2.45, 2.75) is 37.8 Å². The van der Waals surface area contributed by atoms with Crippen LogP contribution in [0.2, 0.25) is 0 Å². The van der Waals surface area contributed by atoms with Gasteiger partial charge in [-0.3, -0.25) is 14.2 Å². The van der Waals surface area contributed by atoms with Crippen molar-refractivity contribution < 1.29 is 27.5 Å². The molecule has 0 atom stereocenters. The highest BCUT2D eigenvalue weighted by atomic mass is 19.2. The Morgan fingerprint density at radius 1 is 0.950 bits per heavy atom. The second-order valence-electron chi connectivity index (χ2n) is 9.43. The first kappa shape index (κ1) is 26.9. The minimum atomic E-state index is -1.21. The molecule has 1 fully saturated rings. The number of esters is 1. The van der Waals surface area contributed by atoms with Gasteiger partial charge in [-0.05, 0) is 56.0 Å². The van der Waals surface area contributed by atoms with Crippen molar-refractivity contribution in [1.29, 1.82) is 0 Å². The van der Waals surface area contributed by atoms with E-state index >= 15 is 0 Å². The van der Waals surface area contributed by atoms with Crippen LogP contribution < -0.4 is 16.6 Å². The molecular weight excluding hydrogens is 529 g/mol. The highest BCUT2D eigenvalue weighted by molar-refractivity contribution is 6.05. The van der Waals surface area contributed by atoms with E-state index in [9.17, 15) is 32.3 Å². The number of aromatic nitrogens is 3. The summed E-state index contributed by atoms with van der Waals surface area (Å²) < 4.78 is 48.4. The van der Waals surface area contributed by atoms with Crippen LogP contribution in [0.15, 0.2) is 64.3 Å². The van der Waals surface area contributed by atoms with E-state index in [1.165, 1.54) is 19.2 Å². The number of benzene rings is 2. The third kappa shape index (κ3) is 4.88. The molecule has 2 aromatic carbocycles. The van der Waals surface area contributed by atoms with E-state index in [-0.39, 0.29) is 33.9 Å². The molecule has 1 aliphatic rings. The standard InChI is InChI=1S/C28H23F3N4O5/c1-40-27(38)20-5-3-2-4-19(20)25(36)33-16-6-8-17(9-7-16)35-26(37)21-12-15(29)14-32-24(21)34(28(35)39)18-10-11-22(30)23(31)13-18/h2-5,10-14,16-17H,6-9H2,1H3,(H,33,36)/t16-,17+. The molecule has 12 heteroatoms. The first-order valence-electron chi connectivity index (χ1n) is 12.5. The molecule has 1 amide bonds. The monoisotopic (exact) mass is 552 g/mol. The first-order chi connectivity index (χ1) is 19.2. The highest BCUT2D eigenvalue weighted by Gasteiger charge is 2.29.